The highest BCUT2D eigenvalue weighted by Gasteiger charge is 2.30. The van der Waals surface area contributed by atoms with Gasteiger partial charge >= 0.3 is 0 Å². The predicted molar refractivity (Wildman–Crippen MR) is 83.7 cm³/mol. The molecule has 3 rings (SSSR count). The van der Waals surface area contributed by atoms with E-state index in [-0.39, 0.29) is 11.5 Å². The van der Waals surface area contributed by atoms with Crippen LogP contribution in [-0.4, -0.2) is 36.7 Å². The molecular formula is C17H22N2O2. The minimum atomic E-state index is 0.0472. The van der Waals surface area contributed by atoms with Gasteiger partial charge in [0.05, 0.1) is 6.54 Å². The van der Waals surface area contributed by atoms with E-state index < -0.39 is 0 Å². The zero-order chi connectivity index (χ0) is 14.9. The standard InChI is InChI=1S/C17H22N2O2/c1-17(2,3)13-5-7-14(8-6-13)20-12-15-11-19-10-4-9-18-16(19)21-15/h4-9,15H,10-12H2,1-3H3/t15-/m0/s1. The zero-order valence-electron chi connectivity index (χ0n) is 12.9. The molecule has 4 heteroatoms. The van der Waals surface area contributed by atoms with Crippen molar-refractivity contribution in [3.8, 4) is 5.75 Å². The van der Waals surface area contributed by atoms with Crippen molar-refractivity contribution < 1.29 is 9.47 Å². The van der Waals surface area contributed by atoms with Crippen LogP contribution in [0.4, 0.5) is 0 Å². The second-order valence-electron chi connectivity index (χ2n) is 6.53. The third kappa shape index (κ3) is 3.20. The molecule has 1 aromatic carbocycles. The molecule has 0 spiro atoms. The molecule has 112 valence electrons. The summed E-state index contributed by atoms with van der Waals surface area (Å²) in [5.74, 6) is 0.886. The Morgan fingerprint density at radius 2 is 2.05 bits per heavy atom. The van der Waals surface area contributed by atoms with E-state index in [9.17, 15) is 0 Å². The topological polar surface area (TPSA) is 34.1 Å². The van der Waals surface area contributed by atoms with E-state index in [4.69, 9.17) is 9.47 Å². The van der Waals surface area contributed by atoms with Gasteiger partial charge in [0.2, 0.25) is 0 Å². The first-order valence-electron chi connectivity index (χ1n) is 7.40. The molecule has 4 nitrogen and oxygen atoms in total. The molecule has 1 saturated heterocycles. The molecular weight excluding hydrogens is 264 g/mol. The minimum absolute atomic E-state index is 0.0472. The number of aliphatic imine (C=N–C) groups is 1. The number of fused-ring (bicyclic) bond motifs is 1. The Morgan fingerprint density at radius 1 is 1.29 bits per heavy atom. The van der Waals surface area contributed by atoms with Gasteiger partial charge in [-0.1, -0.05) is 32.9 Å². The van der Waals surface area contributed by atoms with E-state index in [1.807, 2.05) is 18.2 Å². The van der Waals surface area contributed by atoms with Crippen LogP contribution in [0.1, 0.15) is 26.3 Å². The fourth-order valence-electron chi connectivity index (χ4n) is 2.47. The molecule has 0 aliphatic carbocycles. The van der Waals surface area contributed by atoms with Crippen LogP contribution in [0.15, 0.2) is 41.5 Å². The summed E-state index contributed by atoms with van der Waals surface area (Å²) < 4.78 is 11.6. The summed E-state index contributed by atoms with van der Waals surface area (Å²) in [4.78, 5) is 6.34. The van der Waals surface area contributed by atoms with Crippen molar-refractivity contribution in [2.75, 3.05) is 19.7 Å². The van der Waals surface area contributed by atoms with Crippen LogP contribution < -0.4 is 4.74 Å². The Balaban J connectivity index is 1.54. The van der Waals surface area contributed by atoms with Crippen molar-refractivity contribution in [1.29, 1.82) is 0 Å². The Hall–Kier alpha value is -1.97. The normalized spacial score (nSPS) is 20.8. The Kier molecular flexibility index (Phi) is 3.62. The molecule has 0 N–H and O–H groups in total. The number of hydrogen-bond donors (Lipinski definition) is 0. The quantitative estimate of drug-likeness (QED) is 0.856. The first-order valence-corrected chi connectivity index (χ1v) is 7.40. The van der Waals surface area contributed by atoms with Crippen LogP contribution in [0, 0.1) is 0 Å². The average molecular weight is 286 g/mol. The van der Waals surface area contributed by atoms with Crippen LogP contribution in [-0.2, 0) is 10.2 Å². The van der Waals surface area contributed by atoms with Gasteiger partial charge in [-0.2, -0.15) is 0 Å². The summed E-state index contributed by atoms with van der Waals surface area (Å²) in [6, 6.07) is 9.03. The number of hydrogen-bond acceptors (Lipinski definition) is 4. The first kappa shape index (κ1) is 14.0. The molecule has 0 unspecified atom stereocenters. The zero-order valence-corrected chi connectivity index (χ0v) is 12.9. The van der Waals surface area contributed by atoms with Gasteiger partial charge in [0, 0.05) is 12.7 Å². The van der Waals surface area contributed by atoms with Gasteiger partial charge in [-0.25, -0.2) is 4.99 Å². The van der Waals surface area contributed by atoms with E-state index >= 15 is 0 Å². The molecule has 1 aromatic rings. The van der Waals surface area contributed by atoms with E-state index in [1.54, 1.807) is 6.20 Å². The van der Waals surface area contributed by atoms with E-state index in [0.717, 1.165) is 18.8 Å². The summed E-state index contributed by atoms with van der Waals surface area (Å²) in [6.07, 6.45) is 3.87. The lowest BCUT2D eigenvalue weighted by Gasteiger charge is -2.19. The van der Waals surface area contributed by atoms with Crippen molar-refractivity contribution in [3.63, 3.8) is 0 Å². The number of ether oxygens (including phenoxy) is 2. The van der Waals surface area contributed by atoms with E-state index in [1.165, 1.54) is 5.56 Å². The van der Waals surface area contributed by atoms with Crippen molar-refractivity contribution in [2.45, 2.75) is 32.3 Å². The highest BCUT2D eigenvalue weighted by molar-refractivity contribution is 5.77. The predicted octanol–water partition coefficient (Wildman–Crippen LogP) is 2.95. The van der Waals surface area contributed by atoms with Gasteiger partial charge in [0.25, 0.3) is 6.02 Å². The number of nitrogens with zero attached hydrogens (tertiary/aromatic N) is 2. The smallest absolute Gasteiger partial charge is 0.292 e. The van der Waals surface area contributed by atoms with Gasteiger partial charge < -0.3 is 14.4 Å². The maximum Gasteiger partial charge on any atom is 0.292 e. The summed E-state index contributed by atoms with van der Waals surface area (Å²) in [6.45, 7) is 8.88. The molecule has 0 amide bonds. The lowest BCUT2D eigenvalue weighted by atomic mass is 9.87. The second kappa shape index (κ2) is 5.43. The molecule has 2 aliphatic heterocycles. The summed E-state index contributed by atoms with van der Waals surface area (Å²) in [5, 5.41) is 0. The molecule has 2 aliphatic rings. The molecule has 0 saturated carbocycles. The fourth-order valence-corrected chi connectivity index (χ4v) is 2.47. The largest absolute Gasteiger partial charge is 0.490 e. The Labute approximate surface area is 126 Å². The van der Waals surface area contributed by atoms with Crippen molar-refractivity contribution in [3.05, 3.63) is 42.1 Å². The lowest BCUT2D eigenvalue weighted by molar-refractivity contribution is 0.146. The highest BCUT2D eigenvalue weighted by atomic mass is 16.6. The molecule has 21 heavy (non-hydrogen) atoms. The number of rotatable bonds is 3. The molecule has 1 fully saturated rings. The maximum atomic E-state index is 5.84. The van der Waals surface area contributed by atoms with E-state index in [2.05, 4.69) is 42.8 Å². The van der Waals surface area contributed by atoms with Crippen LogP contribution in [0.5, 0.6) is 5.75 Å². The fraction of sp³-hybridized carbons (Fsp3) is 0.471. The molecule has 0 radical (unpaired) electrons. The van der Waals surface area contributed by atoms with Crippen molar-refractivity contribution in [2.24, 2.45) is 4.99 Å². The summed E-state index contributed by atoms with van der Waals surface area (Å²) in [5.41, 5.74) is 1.48. The molecule has 2 heterocycles. The SMILES string of the molecule is CC(C)(C)c1ccc(OC[C@@H]2CN3CC=CN=C3O2)cc1. The van der Waals surface area contributed by atoms with Gasteiger partial charge in [-0.15, -0.1) is 0 Å². The summed E-state index contributed by atoms with van der Waals surface area (Å²) >= 11 is 0. The first-order chi connectivity index (χ1) is 10.0. The van der Waals surface area contributed by atoms with Crippen molar-refractivity contribution in [1.82, 2.24) is 4.90 Å². The van der Waals surface area contributed by atoms with Crippen LogP contribution in [0.25, 0.3) is 0 Å². The summed E-state index contributed by atoms with van der Waals surface area (Å²) in [7, 11) is 0. The average Bonchev–Trinajstić information content (AvgIpc) is 2.87. The molecule has 0 aromatic heterocycles. The van der Waals surface area contributed by atoms with Crippen LogP contribution in [0.3, 0.4) is 0 Å². The van der Waals surface area contributed by atoms with Crippen LogP contribution >= 0.6 is 0 Å². The molecule has 1 atom stereocenters. The van der Waals surface area contributed by atoms with Gasteiger partial charge in [0.15, 0.2) is 6.10 Å². The second-order valence-corrected chi connectivity index (χ2v) is 6.53. The Bertz CT molecular complexity index is 555. The van der Waals surface area contributed by atoms with Gasteiger partial charge in [-0.3, -0.25) is 0 Å². The van der Waals surface area contributed by atoms with Crippen molar-refractivity contribution >= 4 is 6.02 Å². The minimum Gasteiger partial charge on any atom is -0.490 e. The lowest BCUT2D eigenvalue weighted by Crippen LogP contribution is -2.28. The third-order valence-corrected chi connectivity index (χ3v) is 3.74. The van der Waals surface area contributed by atoms with E-state index in [0.29, 0.717) is 12.6 Å². The number of amidine groups is 1. The van der Waals surface area contributed by atoms with Crippen LogP contribution in [0.2, 0.25) is 0 Å². The third-order valence-electron chi connectivity index (χ3n) is 3.74. The van der Waals surface area contributed by atoms with Gasteiger partial charge in [-0.05, 0) is 29.2 Å². The number of benzene rings is 1. The van der Waals surface area contributed by atoms with Gasteiger partial charge in [0.1, 0.15) is 12.4 Å². The molecule has 0 bridgehead atoms. The monoisotopic (exact) mass is 286 g/mol. The Morgan fingerprint density at radius 3 is 2.71 bits per heavy atom. The highest BCUT2D eigenvalue weighted by Crippen LogP contribution is 2.24. The maximum absolute atomic E-state index is 5.84.